The Hall–Kier alpha value is -9.43. The smallest absolute Gasteiger partial charge is 0.192 e. The van der Waals surface area contributed by atoms with Crippen LogP contribution in [0.5, 0.6) is 0 Å². The van der Waals surface area contributed by atoms with Gasteiger partial charge in [0, 0.05) is 25.0 Å². The van der Waals surface area contributed by atoms with Crippen molar-refractivity contribution >= 4 is 0 Å². The van der Waals surface area contributed by atoms with Gasteiger partial charge in [0.05, 0.1) is 21.8 Å². The Morgan fingerprint density at radius 1 is 0.253 bits per heavy atom. The lowest BCUT2D eigenvalue weighted by Crippen LogP contribution is -2.68. The number of fused-ring (bicyclic) bond motifs is 23. The van der Waals surface area contributed by atoms with Crippen LogP contribution in [0.4, 0.5) is 0 Å². The molecular weight excluding hydrogens is 999 g/mol. The summed E-state index contributed by atoms with van der Waals surface area (Å²) in [6.07, 6.45) is 5.55. The number of aromatic nitrogens is 1. The summed E-state index contributed by atoms with van der Waals surface area (Å²) in [5.41, 5.74) is 34.2. The third-order valence-corrected chi connectivity index (χ3v) is 21.2. The fraction of sp³-hybridized carbons (Fsp3) is 0.134. The molecule has 4 aliphatic carbocycles. The molecule has 0 radical (unpaired) electrons. The molecule has 1 heteroatoms. The van der Waals surface area contributed by atoms with E-state index in [9.17, 15) is 0 Å². The molecule has 2 heterocycles. The van der Waals surface area contributed by atoms with Crippen molar-refractivity contribution in [1.82, 2.24) is 0 Å². The molecule has 5 aliphatic rings. The average Bonchev–Trinajstić information content (AvgIpc) is 2.18. The molecule has 1 aromatic heterocycles. The summed E-state index contributed by atoms with van der Waals surface area (Å²) in [4.78, 5) is 0. The van der Waals surface area contributed by atoms with Crippen molar-refractivity contribution in [3.05, 3.63) is 317 Å². The van der Waals surface area contributed by atoms with Crippen molar-refractivity contribution in [1.29, 1.82) is 0 Å². The molecule has 17 rings (SSSR count). The standard InChI is InChI=1S/C82H62N/c1-5-79(4)69-43-40-54(49-68(69)78-37-20-21-44-83(78)80(79,6-2)7-3)52-23-22-24-53(45-52)57-46-58(55-38-41-66-64-29-12-18-35-74(64)81(76(66)50-55)70-31-14-8-25-60(70)61-26-9-15-32-71(61)81)48-59(47-57)56-39-42-67-65-30-13-19-36-75(65)82(77(67)51-56)72-33-16-10-27-62(72)63-28-11-17-34-73(63)82/h8-51H,5-7H2,1-4H3/q+1. The van der Waals surface area contributed by atoms with Crippen molar-refractivity contribution in [2.45, 2.75) is 68.7 Å². The molecule has 1 aliphatic heterocycles. The highest BCUT2D eigenvalue weighted by atomic mass is 15.1. The highest BCUT2D eigenvalue weighted by Crippen LogP contribution is 2.65. The van der Waals surface area contributed by atoms with E-state index in [2.05, 4.69) is 299 Å². The first-order valence-electron chi connectivity index (χ1n) is 30.2. The molecule has 2 spiro atoms. The van der Waals surface area contributed by atoms with Crippen molar-refractivity contribution in [2.24, 2.45) is 0 Å². The van der Waals surface area contributed by atoms with Gasteiger partial charge in [0.2, 0.25) is 5.69 Å². The lowest BCUT2D eigenvalue weighted by atomic mass is 9.58. The van der Waals surface area contributed by atoms with Crippen LogP contribution in [0.3, 0.4) is 0 Å². The van der Waals surface area contributed by atoms with Gasteiger partial charge in [-0.1, -0.05) is 221 Å². The maximum absolute atomic E-state index is 2.62. The molecule has 12 aromatic rings. The number of rotatable bonds is 7. The van der Waals surface area contributed by atoms with E-state index in [4.69, 9.17) is 0 Å². The van der Waals surface area contributed by atoms with Crippen LogP contribution in [0.25, 0.3) is 100 Å². The van der Waals surface area contributed by atoms with Crippen LogP contribution in [0.2, 0.25) is 0 Å². The van der Waals surface area contributed by atoms with Gasteiger partial charge in [0.25, 0.3) is 0 Å². The zero-order valence-electron chi connectivity index (χ0n) is 47.5. The molecular formula is C82H62N+. The van der Waals surface area contributed by atoms with Gasteiger partial charge in [-0.15, -0.1) is 0 Å². The Kier molecular flexibility index (Phi) is 10.2. The minimum Gasteiger partial charge on any atom is -0.192 e. The zero-order chi connectivity index (χ0) is 55.4. The Morgan fingerprint density at radius 3 is 1.00 bits per heavy atom. The van der Waals surface area contributed by atoms with Crippen LogP contribution in [0, 0.1) is 0 Å². The first-order chi connectivity index (χ1) is 40.8. The second kappa shape index (κ2) is 17.5. The highest BCUT2D eigenvalue weighted by molar-refractivity contribution is 5.99. The molecule has 0 saturated carbocycles. The molecule has 11 aromatic carbocycles. The summed E-state index contributed by atoms with van der Waals surface area (Å²) in [5.74, 6) is 0. The number of nitrogens with zero attached hydrogens (tertiary/aromatic N) is 1. The average molecular weight is 1060 g/mol. The van der Waals surface area contributed by atoms with Crippen LogP contribution in [-0.4, -0.2) is 0 Å². The van der Waals surface area contributed by atoms with Crippen LogP contribution in [-0.2, 0) is 21.8 Å². The van der Waals surface area contributed by atoms with Gasteiger partial charge in [0.15, 0.2) is 11.7 Å². The number of hydrogen-bond donors (Lipinski definition) is 0. The van der Waals surface area contributed by atoms with Gasteiger partial charge in [-0.2, -0.15) is 4.57 Å². The predicted molar refractivity (Wildman–Crippen MR) is 343 cm³/mol. The van der Waals surface area contributed by atoms with Crippen molar-refractivity contribution in [3.8, 4) is 100 Å². The summed E-state index contributed by atoms with van der Waals surface area (Å²) in [6, 6.07) is 100. The highest BCUT2D eigenvalue weighted by Gasteiger charge is 2.58. The van der Waals surface area contributed by atoms with Gasteiger partial charge in [-0.05, 0) is 201 Å². The molecule has 0 N–H and O–H groups in total. The third-order valence-electron chi connectivity index (χ3n) is 21.2. The Morgan fingerprint density at radius 2 is 0.590 bits per heavy atom. The maximum atomic E-state index is 2.62. The number of pyridine rings is 1. The van der Waals surface area contributed by atoms with E-state index >= 15 is 0 Å². The maximum Gasteiger partial charge on any atom is 0.213 e. The van der Waals surface area contributed by atoms with Gasteiger partial charge in [0.1, 0.15) is 0 Å². The van der Waals surface area contributed by atoms with E-state index in [1.807, 2.05) is 0 Å². The van der Waals surface area contributed by atoms with Crippen LogP contribution in [0.15, 0.2) is 267 Å². The molecule has 0 bridgehead atoms. The van der Waals surface area contributed by atoms with Crippen molar-refractivity contribution in [2.75, 3.05) is 0 Å². The summed E-state index contributed by atoms with van der Waals surface area (Å²) in [5, 5.41) is 0. The normalized spacial score (nSPS) is 16.7. The molecule has 83 heavy (non-hydrogen) atoms. The lowest BCUT2D eigenvalue weighted by molar-refractivity contribution is -0.769. The largest absolute Gasteiger partial charge is 0.213 e. The van der Waals surface area contributed by atoms with Crippen molar-refractivity contribution < 1.29 is 4.57 Å². The topological polar surface area (TPSA) is 3.88 Å². The fourth-order valence-electron chi connectivity index (χ4n) is 17.4. The SMILES string of the molecule is CCC1(C)c2ccc(-c3cccc(-c4cc(-c5ccc6c(c5)C5(c7ccccc7-c7ccccc75)c5ccccc5-6)cc(-c5ccc6c(c5)C5(c7ccccc7-c7ccccc75)c5ccccc5-6)c4)c3)cc2-c2cccc[n+]2C1(CC)CC. The second-order valence-corrected chi connectivity index (χ2v) is 24.3. The second-order valence-electron chi connectivity index (χ2n) is 24.3. The Balaban J connectivity index is 0.877. The molecule has 394 valence electrons. The molecule has 1 unspecified atom stereocenters. The van der Waals surface area contributed by atoms with Gasteiger partial charge >= 0.3 is 0 Å². The van der Waals surface area contributed by atoms with Crippen molar-refractivity contribution in [3.63, 3.8) is 0 Å². The van der Waals surface area contributed by atoms with Gasteiger partial charge < -0.3 is 0 Å². The summed E-state index contributed by atoms with van der Waals surface area (Å²) < 4.78 is 2.62. The Labute approximate surface area is 487 Å². The minimum atomic E-state index is -0.446. The molecule has 0 saturated heterocycles. The van der Waals surface area contributed by atoms with Crippen LogP contribution < -0.4 is 4.57 Å². The van der Waals surface area contributed by atoms with E-state index in [0.29, 0.717) is 0 Å². The monoisotopic (exact) mass is 1060 g/mol. The van der Waals surface area contributed by atoms with E-state index in [1.165, 1.54) is 150 Å². The predicted octanol–water partition coefficient (Wildman–Crippen LogP) is 20.2. The van der Waals surface area contributed by atoms with E-state index in [-0.39, 0.29) is 11.0 Å². The molecule has 1 atom stereocenters. The lowest BCUT2D eigenvalue weighted by Gasteiger charge is -2.47. The minimum absolute atomic E-state index is 0.0134. The van der Waals surface area contributed by atoms with Crippen LogP contribution in [0.1, 0.15) is 97.0 Å². The first-order valence-corrected chi connectivity index (χ1v) is 30.2. The quantitative estimate of drug-likeness (QED) is 0.140. The van der Waals surface area contributed by atoms with E-state index < -0.39 is 10.8 Å². The zero-order valence-corrected chi connectivity index (χ0v) is 47.5. The van der Waals surface area contributed by atoms with E-state index in [1.54, 1.807) is 0 Å². The number of hydrogen-bond acceptors (Lipinski definition) is 0. The van der Waals surface area contributed by atoms with E-state index in [0.717, 1.165) is 19.3 Å². The fourth-order valence-corrected chi connectivity index (χ4v) is 17.4. The van der Waals surface area contributed by atoms with Gasteiger partial charge in [-0.25, -0.2) is 0 Å². The molecule has 0 fully saturated rings. The van der Waals surface area contributed by atoms with Crippen LogP contribution >= 0.6 is 0 Å². The first kappa shape index (κ1) is 48.3. The number of benzene rings is 11. The summed E-state index contributed by atoms with van der Waals surface area (Å²) in [7, 11) is 0. The third kappa shape index (κ3) is 6.14. The Bertz CT molecular complexity index is 4400. The molecule has 1 nitrogen and oxygen atoms in total. The summed E-state index contributed by atoms with van der Waals surface area (Å²) >= 11 is 0. The molecule has 0 amide bonds. The van der Waals surface area contributed by atoms with Gasteiger partial charge in [-0.3, -0.25) is 0 Å². The summed E-state index contributed by atoms with van der Waals surface area (Å²) in [6.45, 7) is 9.67.